The van der Waals surface area contributed by atoms with Gasteiger partial charge in [-0.3, -0.25) is 0 Å². The summed E-state index contributed by atoms with van der Waals surface area (Å²) in [6, 6.07) is 0. The number of rotatable bonds is 0. The number of hydrogen-bond donors (Lipinski definition) is 0. The van der Waals surface area contributed by atoms with Gasteiger partial charge in [0, 0.05) is 0 Å². The van der Waals surface area contributed by atoms with Gasteiger partial charge in [-0.15, -0.1) is 0 Å². The molecule has 0 atom stereocenters. The summed E-state index contributed by atoms with van der Waals surface area (Å²) in [4.78, 5) is 0. The first-order chi connectivity index (χ1) is 0. The van der Waals surface area contributed by atoms with Crippen LogP contribution < -0.4 is 149 Å². The van der Waals surface area contributed by atoms with Gasteiger partial charge in [0.05, 0.1) is 0 Å². The maximum absolute atomic E-state index is 0. The van der Waals surface area contributed by atoms with E-state index in [0.717, 1.165) is 0 Å². The molecular weight excluding hydrogens is 1020 g/mol. The van der Waals surface area contributed by atoms with Crippen molar-refractivity contribution in [3.8, 4) is 0 Å². The zero-order valence-corrected chi connectivity index (χ0v) is 23.5. The third-order valence-corrected chi connectivity index (χ3v) is 0. The SMILES string of the molecule is [Cl-].[Cl-].[Cl-].[Cl-].[Cl-].[Cl-].[Cl-].[Cl-].[Cl-].[Cl-].[Cl-].[Cl-].[Er+3].[Ho+3].[Tm+3].[Y+3]. The zero-order chi connectivity index (χ0) is 0. The Morgan fingerprint density at radius 3 is 0.312 bits per heavy atom. The first-order valence-corrected chi connectivity index (χ1v) is 0. The van der Waals surface area contributed by atoms with Crippen molar-refractivity contribution in [3.05, 3.63) is 0 Å². The standard InChI is InChI=1S/12ClH.Er.Ho.Tm.Y/h12*1H;;;;/q;;;;;;;;;;;;4*+3/p-12. The Morgan fingerprint density at radius 1 is 0.312 bits per heavy atom. The van der Waals surface area contributed by atoms with E-state index < -0.39 is 0 Å². The van der Waals surface area contributed by atoms with Gasteiger partial charge in [0.2, 0.25) is 0 Å². The molecule has 0 saturated carbocycles. The van der Waals surface area contributed by atoms with Crippen LogP contribution >= 0.6 is 0 Å². The topological polar surface area (TPSA) is 0 Å². The molecular formula is Cl12ErHoTmY. The first kappa shape index (κ1) is 191. The summed E-state index contributed by atoms with van der Waals surface area (Å²) in [6.07, 6.45) is 0. The van der Waals surface area contributed by atoms with Crippen LogP contribution in [0.25, 0.3) is 0 Å². The molecule has 0 aromatic rings. The molecule has 0 aliphatic heterocycles. The molecule has 123 valence electrons. The smallest absolute Gasteiger partial charge is 1.00 e. The van der Waals surface area contributed by atoms with E-state index >= 15 is 0 Å². The predicted molar refractivity (Wildman–Crippen MR) is 0 cm³/mol. The third-order valence-electron chi connectivity index (χ3n) is 0. The molecule has 0 rings (SSSR count). The van der Waals surface area contributed by atoms with Crippen molar-refractivity contribution in [1.82, 2.24) is 0 Å². The fourth-order valence-electron chi connectivity index (χ4n) is 0. The second-order valence-corrected chi connectivity index (χ2v) is 0. The Labute approximate surface area is 286 Å². The van der Waals surface area contributed by atoms with Gasteiger partial charge in [-0.05, 0) is 0 Å². The van der Waals surface area contributed by atoms with E-state index in [4.69, 9.17) is 0 Å². The van der Waals surface area contributed by atoms with Crippen LogP contribution in [0.3, 0.4) is 0 Å². The van der Waals surface area contributed by atoms with E-state index in [1.165, 1.54) is 0 Å². The predicted octanol–water partition coefficient (Wildman–Crippen LogP) is -36.0. The van der Waals surface area contributed by atoms with Crippen LogP contribution in [0.1, 0.15) is 0 Å². The van der Waals surface area contributed by atoms with E-state index in [0.29, 0.717) is 0 Å². The molecule has 0 saturated heterocycles. The maximum Gasteiger partial charge on any atom is 3.00 e. The molecule has 0 aliphatic carbocycles. The van der Waals surface area contributed by atoms with Crippen molar-refractivity contribution in [2.75, 3.05) is 0 Å². The van der Waals surface area contributed by atoms with Crippen molar-refractivity contribution in [2.24, 2.45) is 0 Å². The van der Waals surface area contributed by atoms with Gasteiger partial charge in [0.15, 0.2) is 0 Å². The van der Waals surface area contributed by atoms with E-state index in [1.54, 1.807) is 0 Å². The zero-order valence-electron chi connectivity index (χ0n) is 5.98. The van der Waals surface area contributed by atoms with Crippen molar-refractivity contribution in [3.63, 3.8) is 0 Å². The minimum atomic E-state index is 0. The Hall–Kier alpha value is 8.32. The quantitative estimate of drug-likeness (QED) is 0.212. The summed E-state index contributed by atoms with van der Waals surface area (Å²) < 4.78 is 0. The Balaban J connectivity index is 0. The molecule has 1 radical (unpaired) electrons. The maximum atomic E-state index is 0. The van der Waals surface area contributed by atoms with Crippen LogP contribution in [0.15, 0.2) is 0 Å². The van der Waals surface area contributed by atoms with Crippen molar-refractivity contribution < 1.29 is 294 Å². The summed E-state index contributed by atoms with van der Waals surface area (Å²) in [5.41, 5.74) is 0. The summed E-state index contributed by atoms with van der Waals surface area (Å²) in [7, 11) is 0. The molecule has 0 heterocycles. The van der Waals surface area contributed by atoms with Crippen molar-refractivity contribution in [2.45, 2.75) is 0 Å². The molecule has 0 bridgehead atoms. The summed E-state index contributed by atoms with van der Waals surface area (Å²) in [5, 5.41) is 0. The van der Waals surface area contributed by atoms with Gasteiger partial charge in [0.1, 0.15) is 0 Å². The average Bonchev–Trinajstić information content (AvgIpc) is 0. The molecule has 0 fully saturated rings. The van der Waals surface area contributed by atoms with Crippen LogP contribution in [0.4, 0.5) is 0 Å². The van der Waals surface area contributed by atoms with Crippen molar-refractivity contribution in [1.29, 1.82) is 0 Å². The molecule has 0 N–H and O–H groups in total. The molecule has 0 unspecified atom stereocenters. The first-order valence-electron chi connectivity index (χ1n) is 0. The van der Waals surface area contributed by atoms with Gasteiger partial charge in [0.25, 0.3) is 0 Å². The molecule has 16 heavy (non-hydrogen) atoms. The average molecular weight is 1020 g/mol. The van der Waals surface area contributed by atoms with Crippen LogP contribution in [-0.2, 0) is 32.7 Å². The Bertz CT molecular complexity index is 21.0. The van der Waals surface area contributed by atoms with Crippen LogP contribution in [0.5, 0.6) is 0 Å². The molecule has 0 spiro atoms. The second-order valence-electron chi connectivity index (χ2n) is 0. The fraction of sp³-hybridized carbons (Fsp3) is 0. The molecule has 0 aliphatic rings. The minimum absolute atomic E-state index is 0. The molecule has 0 aromatic carbocycles. The van der Waals surface area contributed by atoms with E-state index in [2.05, 4.69) is 0 Å². The summed E-state index contributed by atoms with van der Waals surface area (Å²) in [5.74, 6) is 0. The summed E-state index contributed by atoms with van der Waals surface area (Å²) in [6.45, 7) is 0. The van der Waals surface area contributed by atoms with Gasteiger partial charge in [-0.25, -0.2) is 0 Å². The molecule has 16 heteroatoms. The Kier molecular flexibility index (Phi) is 2000. The van der Waals surface area contributed by atoms with Gasteiger partial charge >= 0.3 is 145 Å². The van der Waals surface area contributed by atoms with Gasteiger partial charge in [-0.1, -0.05) is 0 Å². The van der Waals surface area contributed by atoms with Gasteiger partial charge < -0.3 is 149 Å². The van der Waals surface area contributed by atoms with Crippen LogP contribution in [-0.4, -0.2) is 0 Å². The molecule has 0 nitrogen and oxygen atoms in total. The number of hydrogen-bond acceptors (Lipinski definition) is 0. The largest absolute Gasteiger partial charge is 3.00 e. The second kappa shape index (κ2) is 168. The van der Waals surface area contributed by atoms with Crippen LogP contribution in [0, 0.1) is 112 Å². The summed E-state index contributed by atoms with van der Waals surface area (Å²) >= 11 is 0. The van der Waals surface area contributed by atoms with E-state index in [1.807, 2.05) is 0 Å². The van der Waals surface area contributed by atoms with Crippen molar-refractivity contribution >= 4 is 0 Å². The van der Waals surface area contributed by atoms with Crippen LogP contribution in [0.2, 0.25) is 0 Å². The van der Waals surface area contributed by atoms with E-state index in [9.17, 15) is 0 Å². The van der Waals surface area contributed by atoms with Gasteiger partial charge in [-0.2, -0.15) is 0 Å². The normalized spacial score (nSPS) is 0. The van der Waals surface area contributed by atoms with E-state index in [-0.39, 0.29) is 294 Å². The minimum Gasteiger partial charge on any atom is -1.00 e. The fourth-order valence-corrected chi connectivity index (χ4v) is 0. The third kappa shape index (κ3) is 147. The number of halogens is 12. The molecule has 0 amide bonds. The Morgan fingerprint density at radius 2 is 0.312 bits per heavy atom. The molecule has 0 aromatic heterocycles. The monoisotopic (exact) mass is 1010 g/mol.